The molecule has 2 N–H and O–H groups in total. The number of aryl methyl sites for hydroxylation is 1. The number of H-pyrrole nitrogens is 1. The van der Waals surface area contributed by atoms with E-state index >= 15 is 0 Å². The van der Waals surface area contributed by atoms with Gasteiger partial charge in [0.05, 0.1) is 18.9 Å². The Morgan fingerprint density at radius 2 is 2.00 bits per heavy atom. The number of aromatic amines is 1. The molecule has 122 valence electrons. The molecule has 0 radical (unpaired) electrons. The van der Waals surface area contributed by atoms with E-state index in [2.05, 4.69) is 16.4 Å². The van der Waals surface area contributed by atoms with Crippen molar-refractivity contribution in [2.45, 2.75) is 38.4 Å². The molecule has 2 aromatic rings. The van der Waals surface area contributed by atoms with Crippen molar-refractivity contribution in [2.75, 3.05) is 18.5 Å². The summed E-state index contributed by atoms with van der Waals surface area (Å²) in [5.41, 5.74) is 3.03. The Balaban J connectivity index is 1.45. The largest absolute Gasteiger partial charge is 0.359 e. The number of fused-ring (bicyclic) bond motifs is 1. The fourth-order valence-electron chi connectivity index (χ4n) is 3.74. The topological polar surface area (TPSA) is 63.4 Å². The number of carbonyl (C=O) groups excluding carboxylic acids is 1. The van der Waals surface area contributed by atoms with Gasteiger partial charge in [0.1, 0.15) is 0 Å². The Labute approximate surface area is 135 Å². The molecule has 2 aliphatic rings. The molecule has 2 heterocycles. The summed E-state index contributed by atoms with van der Waals surface area (Å²) in [6.07, 6.45) is 3.24. The highest BCUT2D eigenvalue weighted by Gasteiger charge is 2.41. The Morgan fingerprint density at radius 3 is 2.74 bits per heavy atom. The quantitative estimate of drug-likeness (QED) is 0.893. The zero-order valence-corrected chi connectivity index (χ0v) is 13.4. The monoisotopic (exact) mass is 314 g/mol. The SMILES string of the molecule is Cc1cc2c(NC(=O)C3CCC4(CC3)OCCO4)cccc2[nH]1. The second kappa shape index (κ2) is 5.65. The van der Waals surface area contributed by atoms with Gasteiger partial charge in [0.15, 0.2) is 5.79 Å². The number of aromatic nitrogens is 1. The normalized spacial score (nSPS) is 21.1. The van der Waals surface area contributed by atoms with Gasteiger partial charge in [-0.15, -0.1) is 0 Å². The fourth-order valence-corrected chi connectivity index (χ4v) is 3.74. The van der Waals surface area contributed by atoms with Crippen LogP contribution < -0.4 is 5.32 Å². The first kappa shape index (κ1) is 14.7. The number of hydrogen-bond donors (Lipinski definition) is 2. The van der Waals surface area contributed by atoms with Crippen LogP contribution in [0.5, 0.6) is 0 Å². The predicted octanol–water partition coefficient (Wildman–Crippen LogP) is 3.35. The molecule has 4 rings (SSSR count). The first-order chi connectivity index (χ1) is 11.2. The van der Waals surface area contributed by atoms with Gasteiger partial charge in [-0.1, -0.05) is 6.07 Å². The number of carbonyl (C=O) groups is 1. The van der Waals surface area contributed by atoms with E-state index in [4.69, 9.17) is 9.47 Å². The molecule has 2 fully saturated rings. The summed E-state index contributed by atoms with van der Waals surface area (Å²) >= 11 is 0. The van der Waals surface area contributed by atoms with E-state index in [1.165, 1.54) is 0 Å². The lowest BCUT2D eigenvalue weighted by Gasteiger charge is -2.34. The lowest BCUT2D eigenvalue weighted by atomic mass is 9.84. The number of hydrogen-bond acceptors (Lipinski definition) is 3. The third-order valence-corrected chi connectivity index (χ3v) is 4.99. The third kappa shape index (κ3) is 2.75. The van der Waals surface area contributed by atoms with Crippen LogP contribution in [0.25, 0.3) is 10.9 Å². The van der Waals surface area contributed by atoms with Crippen molar-refractivity contribution in [2.24, 2.45) is 5.92 Å². The van der Waals surface area contributed by atoms with Crippen LogP contribution in [0.3, 0.4) is 0 Å². The number of rotatable bonds is 2. The zero-order valence-electron chi connectivity index (χ0n) is 13.4. The minimum absolute atomic E-state index is 0.0312. The van der Waals surface area contributed by atoms with Crippen LogP contribution in [0.15, 0.2) is 24.3 Å². The number of nitrogens with one attached hydrogen (secondary N) is 2. The van der Waals surface area contributed by atoms with Crippen LogP contribution in [0.1, 0.15) is 31.4 Å². The van der Waals surface area contributed by atoms with Gasteiger partial charge in [0, 0.05) is 35.4 Å². The lowest BCUT2D eigenvalue weighted by Crippen LogP contribution is -2.38. The Bertz CT molecular complexity index is 721. The second-order valence-corrected chi connectivity index (χ2v) is 6.59. The van der Waals surface area contributed by atoms with E-state index in [1.807, 2.05) is 25.1 Å². The van der Waals surface area contributed by atoms with Gasteiger partial charge in [0.25, 0.3) is 0 Å². The van der Waals surface area contributed by atoms with Crippen LogP contribution in [0, 0.1) is 12.8 Å². The van der Waals surface area contributed by atoms with Crippen LogP contribution in [-0.4, -0.2) is 29.9 Å². The Kier molecular flexibility index (Phi) is 3.62. The summed E-state index contributed by atoms with van der Waals surface area (Å²) in [6, 6.07) is 8.02. The molecule has 23 heavy (non-hydrogen) atoms. The summed E-state index contributed by atoms with van der Waals surface area (Å²) in [4.78, 5) is 15.9. The van der Waals surface area contributed by atoms with Gasteiger partial charge in [0.2, 0.25) is 5.91 Å². The van der Waals surface area contributed by atoms with Crippen molar-refractivity contribution in [3.63, 3.8) is 0 Å². The Hall–Kier alpha value is -1.85. The molecule has 0 bridgehead atoms. The first-order valence-electron chi connectivity index (χ1n) is 8.32. The van der Waals surface area contributed by atoms with Gasteiger partial charge < -0.3 is 19.8 Å². The molecule has 1 saturated carbocycles. The summed E-state index contributed by atoms with van der Waals surface area (Å²) in [6.45, 7) is 3.37. The lowest BCUT2D eigenvalue weighted by molar-refractivity contribution is -0.182. The molecule has 1 aliphatic carbocycles. The van der Waals surface area contributed by atoms with Crippen LogP contribution in [0.2, 0.25) is 0 Å². The van der Waals surface area contributed by atoms with Crippen molar-refractivity contribution < 1.29 is 14.3 Å². The van der Waals surface area contributed by atoms with E-state index in [1.54, 1.807) is 0 Å². The molecule has 0 atom stereocenters. The van der Waals surface area contributed by atoms with Crippen molar-refractivity contribution in [3.8, 4) is 0 Å². The molecule has 5 heteroatoms. The smallest absolute Gasteiger partial charge is 0.227 e. The van der Waals surface area contributed by atoms with E-state index in [0.29, 0.717) is 13.2 Å². The molecule has 5 nitrogen and oxygen atoms in total. The van der Waals surface area contributed by atoms with Crippen LogP contribution in [-0.2, 0) is 14.3 Å². The maximum Gasteiger partial charge on any atom is 0.227 e. The maximum atomic E-state index is 12.6. The van der Waals surface area contributed by atoms with Crippen LogP contribution >= 0.6 is 0 Å². The van der Waals surface area contributed by atoms with Gasteiger partial charge >= 0.3 is 0 Å². The molecule has 1 aromatic heterocycles. The zero-order chi connectivity index (χ0) is 15.9. The molecule has 1 aliphatic heterocycles. The van der Waals surface area contributed by atoms with E-state index < -0.39 is 5.79 Å². The molecule has 1 spiro atoms. The van der Waals surface area contributed by atoms with Gasteiger partial charge in [-0.05, 0) is 38.0 Å². The average molecular weight is 314 g/mol. The minimum atomic E-state index is -0.408. The van der Waals surface area contributed by atoms with Crippen molar-refractivity contribution >= 4 is 22.5 Å². The molecular weight excluding hydrogens is 292 g/mol. The maximum absolute atomic E-state index is 12.6. The van der Waals surface area contributed by atoms with E-state index in [9.17, 15) is 4.79 Å². The molecule has 1 amide bonds. The summed E-state index contributed by atoms with van der Waals surface area (Å²) < 4.78 is 11.5. The number of ether oxygens (including phenoxy) is 2. The highest BCUT2D eigenvalue weighted by Crippen LogP contribution is 2.38. The fraction of sp³-hybridized carbons (Fsp3) is 0.500. The van der Waals surface area contributed by atoms with Crippen molar-refractivity contribution in [1.29, 1.82) is 0 Å². The molecule has 1 saturated heterocycles. The number of amides is 1. The number of benzene rings is 1. The highest BCUT2D eigenvalue weighted by molar-refractivity contribution is 6.02. The second-order valence-electron chi connectivity index (χ2n) is 6.59. The molecular formula is C18H22N2O3. The van der Waals surface area contributed by atoms with E-state index in [-0.39, 0.29) is 11.8 Å². The summed E-state index contributed by atoms with van der Waals surface area (Å²) in [5.74, 6) is -0.276. The predicted molar refractivity (Wildman–Crippen MR) is 88.3 cm³/mol. The van der Waals surface area contributed by atoms with Crippen LogP contribution in [0.4, 0.5) is 5.69 Å². The molecule has 0 unspecified atom stereocenters. The third-order valence-electron chi connectivity index (χ3n) is 4.99. The summed E-state index contributed by atoms with van der Waals surface area (Å²) in [7, 11) is 0. The van der Waals surface area contributed by atoms with Gasteiger partial charge in [-0.25, -0.2) is 0 Å². The van der Waals surface area contributed by atoms with Crippen molar-refractivity contribution in [1.82, 2.24) is 4.98 Å². The minimum Gasteiger partial charge on any atom is -0.359 e. The first-order valence-corrected chi connectivity index (χ1v) is 8.32. The van der Waals surface area contributed by atoms with E-state index in [0.717, 1.165) is 48.0 Å². The Morgan fingerprint density at radius 1 is 1.26 bits per heavy atom. The average Bonchev–Trinajstić information content (AvgIpc) is 3.15. The highest BCUT2D eigenvalue weighted by atomic mass is 16.7. The standard InChI is InChI=1S/C18H22N2O3/c1-12-11-14-15(19-12)3-2-4-16(14)20-17(21)13-5-7-18(8-6-13)22-9-10-23-18/h2-4,11,13,19H,5-10H2,1H3,(H,20,21). The molecule has 1 aromatic carbocycles. The number of anilines is 1. The van der Waals surface area contributed by atoms with Gasteiger partial charge in [-0.3, -0.25) is 4.79 Å². The van der Waals surface area contributed by atoms with Crippen molar-refractivity contribution in [3.05, 3.63) is 30.0 Å². The van der Waals surface area contributed by atoms with Gasteiger partial charge in [-0.2, -0.15) is 0 Å². The summed E-state index contributed by atoms with van der Waals surface area (Å²) in [5, 5.41) is 4.17.